The third-order valence-electron chi connectivity index (χ3n) is 5.10. The average molecular weight is 433 g/mol. The van der Waals surface area contributed by atoms with Crippen LogP contribution in [0.25, 0.3) is 16.6 Å². The number of hydrogen-bond acceptors (Lipinski definition) is 4. The number of benzene rings is 1. The van der Waals surface area contributed by atoms with Crippen LogP contribution in [-0.4, -0.2) is 34.2 Å². The van der Waals surface area contributed by atoms with Gasteiger partial charge in [0.15, 0.2) is 5.65 Å². The van der Waals surface area contributed by atoms with Gasteiger partial charge >= 0.3 is 5.69 Å². The molecular weight excluding hydrogens is 416 g/mol. The zero-order valence-electron chi connectivity index (χ0n) is 16.3. The number of H-pyrrole nitrogens is 2. The summed E-state index contributed by atoms with van der Waals surface area (Å²) in [6, 6.07) is 9.28. The molecule has 154 valence electrons. The molecule has 1 aromatic carbocycles. The highest BCUT2D eigenvalue weighted by Crippen LogP contribution is 2.27. The van der Waals surface area contributed by atoms with Gasteiger partial charge in [0, 0.05) is 37.2 Å². The van der Waals surface area contributed by atoms with Crippen molar-refractivity contribution in [2.75, 3.05) is 0 Å². The smallest absolute Gasteiger partial charge is 0.328 e. The quantitative estimate of drug-likeness (QED) is 0.379. The first-order valence-electron chi connectivity index (χ1n) is 9.64. The van der Waals surface area contributed by atoms with Gasteiger partial charge in [-0.2, -0.15) is 5.10 Å². The van der Waals surface area contributed by atoms with Gasteiger partial charge in [-0.25, -0.2) is 14.3 Å². The van der Waals surface area contributed by atoms with E-state index in [4.69, 9.17) is 11.6 Å². The number of para-hydroxylation sites is 1. The van der Waals surface area contributed by atoms with Crippen LogP contribution in [0.15, 0.2) is 53.7 Å². The molecule has 0 aliphatic rings. The Morgan fingerprint density at radius 2 is 2.13 bits per heavy atom. The Labute approximate surface area is 181 Å². The number of halogens is 1. The normalized spacial score (nSPS) is 11.1. The van der Waals surface area contributed by atoms with E-state index < -0.39 is 0 Å². The lowest BCUT2D eigenvalue weighted by Crippen LogP contribution is -2.16. The van der Waals surface area contributed by atoms with E-state index >= 15 is 0 Å². The summed E-state index contributed by atoms with van der Waals surface area (Å²) in [4.78, 5) is 22.5. The lowest BCUT2D eigenvalue weighted by atomic mass is 10.1. The molecule has 0 aliphatic heterocycles. The van der Waals surface area contributed by atoms with Gasteiger partial charge in [0.05, 0.1) is 22.4 Å². The van der Waals surface area contributed by atoms with Gasteiger partial charge in [0.1, 0.15) is 5.69 Å². The Balaban J connectivity index is 1.34. The molecule has 0 unspecified atom stereocenters. The number of aromatic amines is 2. The van der Waals surface area contributed by atoms with Crippen molar-refractivity contribution in [2.45, 2.75) is 19.4 Å². The van der Waals surface area contributed by atoms with Gasteiger partial charge in [-0.1, -0.05) is 29.7 Å². The molecule has 0 radical (unpaired) electrons. The maximum Gasteiger partial charge on any atom is 0.328 e. The van der Waals surface area contributed by atoms with E-state index in [1.165, 1.54) is 4.57 Å². The largest absolute Gasteiger partial charge is 0.493 e. The number of nitrogens with zero attached hydrogens (tertiary/aromatic N) is 4. The molecule has 0 saturated carbocycles. The van der Waals surface area contributed by atoms with Crippen LogP contribution in [0.2, 0.25) is 5.02 Å². The predicted molar refractivity (Wildman–Crippen MR) is 117 cm³/mol. The third kappa shape index (κ3) is 3.45. The molecule has 9 heteroatoms. The molecule has 4 heterocycles. The summed E-state index contributed by atoms with van der Waals surface area (Å²) in [7, 11) is 0. The van der Waals surface area contributed by atoms with Crippen LogP contribution in [0.3, 0.4) is 0 Å². The number of aromatic nitrogens is 6. The number of fused-ring (bicyclic) bond motifs is 2. The summed E-state index contributed by atoms with van der Waals surface area (Å²) < 4.78 is 2.94. The number of rotatable bonds is 4. The fraction of sp³-hybridized carbons (Fsp3) is 0.136. The molecule has 5 rings (SSSR count). The summed E-state index contributed by atoms with van der Waals surface area (Å²) >= 11 is 6.21. The second-order valence-corrected chi connectivity index (χ2v) is 7.43. The van der Waals surface area contributed by atoms with Gasteiger partial charge in [-0.3, -0.25) is 4.57 Å². The molecule has 0 atom stereocenters. The van der Waals surface area contributed by atoms with E-state index in [9.17, 15) is 9.90 Å². The maximum absolute atomic E-state index is 12.4. The van der Waals surface area contributed by atoms with Gasteiger partial charge in [-0.15, -0.1) is 0 Å². The number of aromatic hydroxyl groups is 1. The highest BCUT2D eigenvalue weighted by atomic mass is 35.5. The summed E-state index contributed by atoms with van der Waals surface area (Å²) in [6.07, 6.45) is 5.91. The lowest BCUT2D eigenvalue weighted by Gasteiger charge is -2.02. The molecule has 0 fully saturated rings. The Bertz CT molecular complexity index is 1530. The minimum Gasteiger partial charge on any atom is -0.493 e. The van der Waals surface area contributed by atoms with Crippen molar-refractivity contribution >= 4 is 28.2 Å². The van der Waals surface area contributed by atoms with E-state index in [2.05, 4.69) is 31.9 Å². The third-order valence-corrected chi connectivity index (χ3v) is 5.42. The van der Waals surface area contributed by atoms with Crippen LogP contribution in [0, 0.1) is 11.8 Å². The van der Waals surface area contributed by atoms with E-state index in [1.54, 1.807) is 16.9 Å². The van der Waals surface area contributed by atoms with Crippen molar-refractivity contribution in [3.63, 3.8) is 0 Å². The summed E-state index contributed by atoms with van der Waals surface area (Å²) in [5.74, 6) is 5.94. The molecule has 0 aliphatic carbocycles. The standard InChI is InChI=1S/C22H17ClN6O2/c23-17-7-3-6-16-14(12-25-20(16)17)11-18-21(30)28(22(31)27-18)10-2-1-5-15-13-24-19-8-4-9-26-29(15)19/h3-4,6-9,12-13,25,30H,2,10-11H2,(H,27,31). The Hall–Kier alpha value is -3.96. The second-order valence-electron chi connectivity index (χ2n) is 7.03. The molecule has 3 N–H and O–H groups in total. The second kappa shape index (κ2) is 7.70. The zero-order valence-corrected chi connectivity index (χ0v) is 17.0. The van der Waals surface area contributed by atoms with Crippen LogP contribution in [0.1, 0.15) is 23.4 Å². The van der Waals surface area contributed by atoms with E-state index in [-0.39, 0.29) is 18.1 Å². The molecule has 4 aromatic heterocycles. The molecule has 8 nitrogen and oxygen atoms in total. The summed E-state index contributed by atoms with van der Waals surface area (Å²) in [5, 5.41) is 16.4. The summed E-state index contributed by atoms with van der Waals surface area (Å²) in [6.45, 7) is 0.262. The first-order valence-corrected chi connectivity index (χ1v) is 10.0. The topological polar surface area (TPSA) is 104 Å². The average Bonchev–Trinajstić information content (AvgIpc) is 3.44. The van der Waals surface area contributed by atoms with E-state index in [1.807, 2.05) is 36.5 Å². The molecule has 0 saturated heterocycles. The van der Waals surface area contributed by atoms with Crippen LogP contribution in [0.4, 0.5) is 0 Å². The van der Waals surface area contributed by atoms with Crippen molar-refractivity contribution < 1.29 is 5.11 Å². The minimum absolute atomic E-state index is 0.0837. The summed E-state index contributed by atoms with van der Waals surface area (Å²) in [5.41, 5.74) is 3.22. The van der Waals surface area contributed by atoms with Crippen molar-refractivity contribution in [3.05, 3.63) is 81.4 Å². The maximum atomic E-state index is 12.4. The Morgan fingerprint density at radius 3 is 3.03 bits per heavy atom. The fourth-order valence-corrected chi connectivity index (χ4v) is 3.82. The van der Waals surface area contributed by atoms with E-state index in [0.717, 1.165) is 22.1 Å². The van der Waals surface area contributed by atoms with Gasteiger partial charge < -0.3 is 15.1 Å². The van der Waals surface area contributed by atoms with Crippen molar-refractivity contribution in [1.29, 1.82) is 0 Å². The van der Waals surface area contributed by atoms with Crippen LogP contribution in [-0.2, 0) is 13.0 Å². The number of imidazole rings is 2. The van der Waals surface area contributed by atoms with Crippen LogP contribution in [0.5, 0.6) is 5.88 Å². The molecule has 31 heavy (non-hydrogen) atoms. The van der Waals surface area contributed by atoms with Crippen molar-refractivity contribution in [1.82, 2.24) is 29.1 Å². The predicted octanol–water partition coefficient (Wildman–Crippen LogP) is 3.09. The lowest BCUT2D eigenvalue weighted by molar-refractivity contribution is 0.410. The van der Waals surface area contributed by atoms with Crippen molar-refractivity contribution in [2.24, 2.45) is 0 Å². The zero-order chi connectivity index (χ0) is 21.4. The number of hydrogen-bond donors (Lipinski definition) is 3. The fourth-order valence-electron chi connectivity index (χ4n) is 3.59. The Morgan fingerprint density at radius 1 is 1.23 bits per heavy atom. The molecule has 0 bridgehead atoms. The van der Waals surface area contributed by atoms with Gasteiger partial charge in [0.25, 0.3) is 0 Å². The monoisotopic (exact) mass is 432 g/mol. The SMILES string of the molecule is O=c1[nH]c(Cc2c[nH]c3c(Cl)cccc23)c(O)n1CCC#Cc1cnc2cccnn12. The first-order chi connectivity index (χ1) is 15.1. The molecule has 5 aromatic rings. The number of nitrogens with one attached hydrogen (secondary N) is 2. The highest BCUT2D eigenvalue weighted by Gasteiger charge is 2.15. The van der Waals surface area contributed by atoms with Crippen molar-refractivity contribution in [3.8, 4) is 17.7 Å². The van der Waals surface area contributed by atoms with E-state index in [0.29, 0.717) is 29.3 Å². The van der Waals surface area contributed by atoms with Crippen LogP contribution < -0.4 is 5.69 Å². The first kappa shape index (κ1) is 19.0. The minimum atomic E-state index is -0.372. The molecule has 0 amide bonds. The van der Waals surface area contributed by atoms with Gasteiger partial charge in [-0.05, 0) is 29.7 Å². The van der Waals surface area contributed by atoms with Crippen LogP contribution >= 0.6 is 11.6 Å². The molecular formula is C22H17ClN6O2. The Kier molecular flexibility index (Phi) is 4.73. The van der Waals surface area contributed by atoms with Gasteiger partial charge in [0.2, 0.25) is 5.88 Å². The highest BCUT2D eigenvalue weighted by molar-refractivity contribution is 6.35. The molecule has 0 spiro atoms.